The van der Waals surface area contributed by atoms with E-state index in [0.717, 1.165) is 13.0 Å². The van der Waals surface area contributed by atoms with Gasteiger partial charge in [0.15, 0.2) is 5.82 Å². The van der Waals surface area contributed by atoms with Crippen LogP contribution in [0.1, 0.15) is 40.0 Å². The van der Waals surface area contributed by atoms with Crippen LogP contribution >= 0.6 is 0 Å². The Kier molecular flexibility index (Phi) is 4.34. The molecule has 1 aromatic rings. The molecule has 1 unspecified atom stereocenters. The summed E-state index contributed by atoms with van der Waals surface area (Å²) >= 11 is 0. The molecule has 2 rings (SSSR count). The number of hydrogen-bond acceptors (Lipinski definition) is 4. The third-order valence-corrected chi connectivity index (χ3v) is 3.90. The molecule has 0 radical (unpaired) electrons. The van der Waals surface area contributed by atoms with Gasteiger partial charge in [0.1, 0.15) is 0 Å². The predicted molar refractivity (Wildman–Crippen MR) is 80.7 cm³/mol. The zero-order valence-electron chi connectivity index (χ0n) is 12.9. The summed E-state index contributed by atoms with van der Waals surface area (Å²) in [6, 6.07) is 0. The van der Waals surface area contributed by atoms with E-state index in [9.17, 15) is 9.59 Å². The van der Waals surface area contributed by atoms with Gasteiger partial charge in [-0.3, -0.25) is 9.59 Å². The molecule has 21 heavy (non-hydrogen) atoms. The maximum atomic E-state index is 12.5. The minimum Gasteiger partial charge on any atom is -0.481 e. The van der Waals surface area contributed by atoms with Crippen molar-refractivity contribution in [3.63, 3.8) is 0 Å². The van der Waals surface area contributed by atoms with Crippen LogP contribution < -0.4 is 10.5 Å². The van der Waals surface area contributed by atoms with E-state index in [1.807, 2.05) is 25.7 Å². The Balaban J connectivity index is 2.14. The topological polar surface area (TPSA) is 75.4 Å². The lowest BCUT2D eigenvalue weighted by Gasteiger charge is -2.24. The van der Waals surface area contributed by atoms with Crippen LogP contribution in [-0.2, 0) is 10.3 Å². The Labute approximate surface area is 124 Å². The molecular weight excluding hydrogens is 270 g/mol. The summed E-state index contributed by atoms with van der Waals surface area (Å²) in [5.74, 6) is 0.0391. The molecule has 1 saturated heterocycles. The van der Waals surface area contributed by atoms with E-state index < -0.39 is 5.97 Å². The van der Waals surface area contributed by atoms with Gasteiger partial charge in [-0.2, -0.15) is 0 Å². The first-order valence-electron chi connectivity index (χ1n) is 7.34. The molecule has 6 heteroatoms. The van der Waals surface area contributed by atoms with Crippen molar-refractivity contribution in [1.82, 2.24) is 9.55 Å². The second kappa shape index (κ2) is 5.87. The summed E-state index contributed by atoms with van der Waals surface area (Å²) in [6.07, 6.45) is 5.13. The largest absolute Gasteiger partial charge is 0.481 e. The highest BCUT2D eigenvalue weighted by atomic mass is 16.4. The van der Waals surface area contributed by atoms with Gasteiger partial charge >= 0.3 is 5.97 Å². The molecule has 0 aliphatic carbocycles. The lowest BCUT2D eigenvalue weighted by Crippen LogP contribution is -2.38. The van der Waals surface area contributed by atoms with Gasteiger partial charge in [0.05, 0.1) is 0 Å². The summed E-state index contributed by atoms with van der Waals surface area (Å²) in [5, 5.41) is 8.75. The summed E-state index contributed by atoms with van der Waals surface area (Å²) in [5.41, 5.74) is -0.360. The zero-order chi connectivity index (χ0) is 15.6. The average molecular weight is 293 g/mol. The van der Waals surface area contributed by atoms with E-state index in [4.69, 9.17) is 5.11 Å². The number of nitrogens with zero attached hydrogens (tertiary/aromatic N) is 3. The average Bonchev–Trinajstić information content (AvgIpc) is 2.83. The maximum Gasteiger partial charge on any atom is 0.303 e. The van der Waals surface area contributed by atoms with E-state index in [2.05, 4.69) is 4.98 Å². The molecule has 1 fully saturated rings. The Morgan fingerprint density at radius 1 is 1.48 bits per heavy atom. The summed E-state index contributed by atoms with van der Waals surface area (Å²) < 4.78 is 1.69. The van der Waals surface area contributed by atoms with Gasteiger partial charge < -0.3 is 14.6 Å². The number of carboxylic acids is 1. The van der Waals surface area contributed by atoms with Gasteiger partial charge in [-0.1, -0.05) is 0 Å². The zero-order valence-corrected chi connectivity index (χ0v) is 12.9. The molecule has 0 amide bonds. The third-order valence-electron chi connectivity index (χ3n) is 3.90. The SMILES string of the molecule is CC(C)(C)n1ccnc(N2CCC(CCC(=O)O)C2)c1=O. The number of anilines is 1. The van der Waals surface area contributed by atoms with Crippen LogP contribution in [0.25, 0.3) is 0 Å². The van der Waals surface area contributed by atoms with Gasteiger partial charge in [-0.25, -0.2) is 4.98 Å². The minimum atomic E-state index is -0.763. The van der Waals surface area contributed by atoms with Crippen molar-refractivity contribution in [2.24, 2.45) is 5.92 Å². The van der Waals surface area contributed by atoms with Gasteiger partial charge in [-0.05, 0) is 39.5 Å². The van der Waals surface area contributed by atoms with E-state index >= 15 is 0 Å². The molecule has 1 aliphatic heterocycles. The summed E-state index contributed by atoms with van der Waals surface area (Å²) in [7, 11) is 0. The summed E-state index contributed by atoms with van der Waals surface area (Å²) in [4.78, 5) is 29.4. The number of hydrogen-bond donors (Lipinski definition) is 1. The molecule has 1 atom stereocenters. The molecule has 1 aliphatic rings. The Bertz CT molecular complexity index is 574. The Hall–Kier alpha value is -1.85. The molecule has 1 N–H and O–H groups in total. The number of aliphatic carboxylic acids is 1. The fourth-order valence-corrected chi connectivity index (χ4v) is 2.73. The number of carboxylic acid groups (broad SMARTS) is 1. The smallest absolute Gasteiger partial charge is 0.303 e. The first-order chi connectivity index (χ1) is 9.79. The molecule has 0 aromatic carbocycles. The molecule has 0 spiro atoms. The lowest BCUT2D eigenvalue weighted by atomic mass is 10.0. The number of rotatable bonds is 4. The van der Waals surface area contributed by atoms with Gasteiger partial charge in [0.25, 0.3) is 5.56 Å². The molecule has 0 saturated carbocycles. The van der Waals surface area contributed by atoms with Crippen molar-refractivity contribution in [1.29, 1.82) is 0 Å². The number of aromatic nitrogens is 2. The van der Waals surface area contributed by atoms with Crippen molar-refractivity contribution >= 4 is 11.8 Å². The van der Waals surface area contributed by atoms with Crippen LogP contribution in [0.3, 0.4) is 0 Å². The van der Waals surface area contributed by atoms with Crippen LogP contribution in [0.4, 0.5) is 5.82 Å². The van der Waals surface area contributed by atoms with Crippen LogP contribution in [-0.4, -0.2) is 33.7 Å². The van der Waals surface area contributed by atoms with Crippen LogP contribution in [0.5, 0.6) is 0 Å². The van der Waals surface area contributed by atoms with Gasteiger partial charge in [0, 0.05) is 37.4 Å². The predicted octanol–water partition coefficient (Wildman–Crippen LogP) is 1.69. The van der Waals surface area contributed by atoms with Crippen LogP contribution in [0.15, 0.2) is 17.2 Å². The Morgan fingerprint density at radius 2 is 2.19 bits per heavy atom. The van der Waals surface area contributed by atoms with Crippen molar-refractivity contribution in [2.45, 2.75) is 45.6 Å². The van der Waals surface area contributed by atoms with Crippen molar-refractivity contribution < 1.29 is 9.90 Å². The molecule has 2 heterocycles. The molecule has 1 aromatic heterocycles. The van der Waals surface area contributed by atoms with Crippen LogP contribution in [0.2, 0.25) is 0 Å². The highest BCUT2D eigenvalue weighted by Gasteiger charge is 2.27. The molecule has 6 nitrogen and oxygen atoms in total. The first kappa shape index (κ1) is 15.5. The standard InChI is InChI=1S/C15H23N3O3/c1-15(2,3)18-9-7-16-13(14(18)21)17-8-6-11(10-17)4-5-12(19)20/h7,9,11H,4-6,8,10H2,1-3H3,(H,19,20). The van der Waals surface area contributed by atoms with E-state index in [-0.39, 0.29) is 17.5 Å². The molecule has 0 bridgehead atoms. The summed E-state index contributed by atoms with van der Waals surface area (Å²) in [6.45, 7) is 7.43. The van der Waals surface area contributed by atoms with E-state index in [1.54, 1.807) is 17.0 Å². The fraction of sp³-hybridized carbons (Fsp3) is 0.667. The molecule has 116 valence electrons. The van der Waals surface area contributed by atoms with Gasteiger partial charge in [-0.15, -0.1) is 0 Å². The van der Waals surface area contributed by atoms with Crippen molar-refractivity contribution in [3.8, 4) is 0 Å². The monoisotopic (exact) mass is 293 g/mol. The maximum absolute atomic E-state index is 12.5. The Morgan fingerprint density at radius 3 is 2.81 bits per heavy atom. The fourth-order valence-electron chi connectivity index (χ4n) is 2.73. The molecular formula is C15H23N3O3. The second-order valence-electron chi connectivity index (χ2n) is 6.63. The third kappa shape index (κ3) is 3.62. The van der Waals surface area contributed by atoms with Crippen LogP contribution in [0, 0.1) is 5.92 Å². The van der Waals surface area contributed by atoms with Gasteiger partial charge in [0.2, 0.25) is 0 Å². The van der Waals surface area contributed by atoms with E-state index in [1.165, 1.54) is 0 Å². The first-order valence-corrected chi connectivity index (χ1v) is 7.34. The highest BCUT2D eigenvalue weighted by Crippen LogP contribution is 2.24. The minimum absolute atomic E-state index is 0.0797. The van der Waals surface area contributed by atoms with Crippen molar-refractivity contribution in [2.75, 3.05) is 18.0 Å². The van der Waals surface area contributed by atoms with E-state index in [0.29, 0.717) is 24.7 Å². The van der Waals surface area contributed by atoms with Crippen molar-refractivity contribution in [3.05, 3.63) is 22.7 Å². The normalized spacial score (nSPS) is 19.0. The number of carbonyl (C=O) groups is 1. The second-order valence-corrected chi connectivity index (χ2v) is 6.63. The lowest BCUT2D eigenvalue weighted by molar-refractivity contribution is -0.137. The highest BCUT2D eigenvalue weighted by molar-refractivity contribution is 5.66. The quantitative estimate of drug-likeness (QED) is 0.914.